The van der Waals surface area contributed by atoms with Gasteiger partial charge in [0.15, 0.2) is 0 Å². The molecule has 4 rings (SSSR count). The number of hydrogen-bond acceptors (Lipinski definition) is 5. The highest BCUT2D eigenvalue weighted by Gasteiger charge is 2.42. The minimum absolute atomic E-state index is 0.0685. The zero-order valence-electron chi connectivity index (χ0n) is 14.5. The second-order valence-corrected chi connectivity index (χ2v) is 7.44. The van der Waals surface area contributed by atoms with Crippen molar-refractivity contribution >= 4 is 5.91 Å². The minimum atomic E-state index is 0.0685. The normalized spacial score (nSPS) is 25.9. The van der Waals surface area contributed by atoms with Crippen LogP contribution in [0.4, 0.5) is 0 Å². The summed E-state index contributed by atoms with van der Waals surface area (Å²) < 4.78 is 5.25. The van der Waals surface area contributed by atoms with Crippen LogP contribution in [0.15, 0.2) is 29.0 Å². The first-order valence-electron chi connectivity index (χ1n) is 9.21. The molecule has 2 aliphatic carbocycles. The van der Waals surface area contributed by atoms with Gasteiger partial charge in [0.2, 0.25) is 17.6 Å². The van der Waals surface area contributed by atoms with Crippen molar-refractivity contribution in [2.75, 3.05) is 0 Å². The molecule has 1 amide bonds. The Bertz CT molecular complexity index is 730. The Morgan fingerprint density at radius 3 is 2.88 bits per heavy atom. The first-order chi connectivity index (χ1) is 12.2. The van der Waals surface area contributed by atoms with E-state index in [4.69, 9.17) is 4.52 Å². The maximum atomic E-state index is 12.3. The monoisotopic (exact) mass is 340 g/mol. The summed E-state index contributed by atoms with van der Waals surface area (Å²) in [5, 5.41) is 7.15. The highest BCUT2D eigenvalue weighted by Crippen LogP contribution is 2.49. The zero-order chi connectivity index (χ0) is 17.2. The van der Waals surface area contributed by atoms with Gasteiger partial charge in [-0.15, -0.1) is 0 Å². The predicted octanol–water partition coefficient (Wildman–Crippen LogP) is 3.01. The predicted molar refractivity (Wildman–Crippen MR) is 92.4 cm³/mol. The minimum Gasteiger partial charge on any atom is -0.353 e. The Labute approximate surface area is 147 Å². The molecule has 0 radical (unpaired) electrons. The van der Waals surface area contributed by atoms with Gasteiger partial charge in [0.1, 0.15) is 0 Å². The molecule has 6 heteroatoms. The smallest absolute Gasteiger partial charge is 0.227 e. The molecule has 2 fully saturated rings. The molecule has 2 aromatic rings. The summed E-state index contributed by atoms with van der Waals surface area (Å²) in [6.45, 7) is 2.15. The van der Waals surface area contributed by atoms with E-state index in [-0.39, 0.29) is 11.9 Å². The van der Waals surface area contributed by atoms with Crippen LogP contribution in [-0.4, -0.2) is 27.1 Å². The van der Waals surface area contributed by atoms with E-state index < -0.39 is 0 Å². The van der Waals surface area contributed by atoms with Crippen LogP contribution < -0.4 is 5.32 Å². The van der Waals surface area contributed by atoms with Crippen LogP contribution in [0.3, 0.4) is 0 Å². The van der Waals surface area contributed by atoms with E-state index >= 15 is 0 Å². The highest BCUT2D eigenvalue weighted by atomic mass is 16.5. The van der Waals surface area contributed by atoms with Gasteiger partial charge in [-0.2, -0.15) is 4.98 Å². The first-order valence-corrected chi connectivity index (χ1v) is 9.21. The van der Waals surface area contributed by atoms with Gasteiger partial charge in [0.05, 0.1) is 0 Å². The van der Waals surface area contributed by atoms with Crippen molar-refractivity contribution in [2.45, 2.75) is 51.5 Å². The molecule has 6 nitrogen and oxygen atoms in total. The van der Waals surface area contributed by atoms with E-state index in [1.165, 1.54) is 25.7 Å². The van der Waals surface area contributed by atoms with E-state index in [0.29, 0.717) is 30.5 Å². The fourth-order valence-electron chi connectivity index (χ4n) is 4.53. The summed E-state index contributed by atoms with van der Waals surface area (Å²) in [5.41, 5.74) is 0.861. The van der Waals surface area contributed by atoms with Gasteiger partial charge in [0.25, 0.3) is 0 Å². The Balaban J connectivity index is 1.27. The topological polar surface area (TPSA) is 80.9 Å². The molecule has 1 N–H and O–H groups in total. The molecule has 132 valence electrons. The van der Waals surface area contributed by atoms with Gasteiger partial charge in [-0.1, -0.05) is 11.6 Å². The fourth-order valence-corrected chi connectivity index (χ4v) is 4.53. The Morgan fingerprint density at radius 2 is 2.16 bits per heavy atom. The van der Waals surface area contributed by atoms with Crippen molar-refractivity contribution < 1.29 is 9.32 Å². The summed E-state index contributed by atoms with van der Waals surface area (Å²) >= 11 is 0. The lowest BCUT2D eigenvalue weighted by molar-refractivity contribution is -0.122. The molecule has 2 saturated carbocycles. The second kappa shape index (κ2) is 6.94. The highest BCUT2D eigenvalue weighted by molar-refractivity contribution is 5.76. The number of carbonyl (C=O) groups excluding carboxylic acids is 1. The number of hydrogen-bond donors (Lipinski definition) is 1. The number of carbonyl (C=O) groups is 1. The van der Waals surface area contributed by atoms with Crippen LogP contribution in [0.5, 0.6) is 0 Å². The molecule has 4 atom stereocenters. The van der Waals surface area contributed by atoms with Crippen molar-refractivity contribution in [1.82, 2.24) is 20.4 Å². The molecule has 2 aliphatic rings. The molecule has 2 aromatic heterocycles. The van der Waals surface area contributed by atoms with E-state index in [1.807, 2.05) is 12.1 Å². The van der Waals surface area contributed by atoms with Gasteiger partial charge in [-0.05, 0) is 56.1 Å². The number of nitrogens with zero attached hydrogens (tertiary/aromatic N) is 3. The lowest BCUT2D eigenvalue weighted by atomic mass is 9.84. The summed E-state index contributed by atoms with van der Waals surface area (Å²) in [6, 6.07) is 3.93. The van der Waals surface area contributed by atoms with Gasteiger partial charge in [0, 0.05) is 36.8 Å². The molecule has 25 heavy (non-hydrogen) atoms. The second-order valence-electron chi connectivity index (χ2n) is 7.44. The van der Waals surface area contributed by atoms with Crippen LogP contribution in [0.1, 0.15) is 44.9 Å². The largest absolute Gasteiger partial charge is 0.353 e. The maximum Gasteiger partial charge on any atom is 0.227 e. The number of fused-ring (bicyclic) bond motifs is 2. The third-order valence-electron chi connectivity index (χ3n) is 5.80. The van der Waals surface area contributed by atoms with Crippen molar-refractivity contribution in [3.63, 3.8) is 0 Å². The summed E-state index contributed by atoms with van der Waals surface area (Å²) in [7, 11) is 0. The number of nitrogens with one attached hydrogen (secondary N) is 1. The summed E-state index contributed by atoms with van der Waals surface area (Å²) in [6.07, 6.45) is 9.60. The lowest BCUT2D eigenvalue weighted by Crippen LogP contribution is -2.40. The van der Waals surface area contributed by atoms with Crippen LogP contribution >= 0.6 is 0 Å². The third kappa shape index (κ3) is 3.57. The SMILES string of the molecule is C[C@H](NC(=O)CCc1nc(-c2ccncc2)no1)[C@H]1C[C@H]2CC[C@H]1C2. The van der Waals surface area contributed by atoms with Crippen molar-refractivity contribution in [2.24, 2.45) is 17.8 Å². The maximum absolute atomic E-state index is 12.3. The fraction of sp³-hybridized carbons (Fsp3) is 0.579. The molecule has 0 aliphatic heterocycles. The number of rotatable bonds is 6. The van der Waals surface area contributed by atoms with Gasteiger partial charge < -0.3 is 9.84 Å². The van der Waals surface area contributed by atoms with E-state index in [2.05, 4.69) is 27.4 Å². The Kier molecular flexibility index (Phi) is 4.51. The zero-order valence-corrected chi connectivity index (χ0v) is 14.5. The van der Waals surface area contributed by atoms with Crippen molar-refractivity contribution in [1.29, 1.82) is 0 Å². The Morgan fingerprint density at radius 1 is 1.32 bits per heavy atom. The van der Waals surface area contributed by atoms with Crippen LogP contribution in [-0.2, 0) is 11.2 Å². The van der Waals surface area contributed by atoms with Crippen molar-refractivity contribution in [3.8, 4) is 11.4 Å². The van der Waals surface area contributed by atoms with E-state index in [9.17, 15) is 4.79 Å². The average Bonchev–Trinajstić information content (AvgIpc) is 3.37. The third-order valence-corrected chi connectivity index (χ3v) is 5.80. The summed E-state index contributed by atoms with van der Waals surface area (Å²) in [5.74, 6) is 3.48. The van der Waals surface area contributed by atoms with E-state index in [1.54, 1.807) is 12.4 Å². The van der Waals surface area contributed by atoms with E-state index in [0.717, 1.165) is 17.4 Å². The Hall–Kier alpha value is -2.24. The quantitative estimate of drug-likeness (QED) is 0.874. The molecular weight excluding hydrogens is 316 g/mol. The number of amides is 1. The lowest BCUT2D eigenvalue weighted by Gasteiger charge is -2.28. The average molecular weight is 340 g/mol. The number of pyridine rings is 1. The van der Waals surface area contributed by atoms with Crippen LogP contribution in [0.2, 0.25) is 0 Å². The molecule has 2 heterocycles. The standard InChI is InChI=1S/C19H24N4O2/c1-12(16-11-13-2-3-15(16)10-13)21-17(24)4-5-18-22-19(23-25-18)14-6-8-20-9-7-14/h6-9,12-13,15-16H,2-5,10-11H2,1H3,(H,21,24)/t12-,13-,15-,16+/m0/s1. The molecule has 0 unspecified atom stereocenters. The van der Waals surface area contributed by atoms with Gasteiger partial charge in [-0.3, -0.25) is 9.78 Å². The molecule has 0 aromatic carbocycles. The number of aromatic nitrogens is 3. The summed E-state index contributed by atoms with van der Waals surface area (Å²) in [4.78, 5) is 20.6. The number of aryl methyl sites for hydroxylation is 1. The molecular formula is C19H24N4O2. The molecule has 2 bridgehead atoms. The first kappa shape index (κ1) is 16.2. The molecule has 0 saturated heterocycles. The van der Waals surface area contributed by atoms with Gasteiger partial charge >= 0.3 is 0 Å². The van der Waals surface area contributed by atoms with Crippen molar-refractivity contribution in [3.05, 3.63) is 30.4 Å². The van der Waals surface area contributed by atoms with Crippen LogP contribution in [0.25, 0.3) is 11.4 Å². The molecule has 0 spiro atoms. The van der Waals surface area contributed by atoms with Gasteiger partial charge in [-0.25, -0.2) is 0 Å². The van der Waals surface area contributed by atoms with Crippen LogP contribution in [0, 0.1) is 17.8 Å².